The first kappa shape index (κ1) is 13.8. The van der Waals surface area contributed by atoms with Crippen molar-refractivity contribution >= 4 is 43.8 Å². The highest BCUT2D eigenvalue weighted by Crippen LogP contribution is 2.33. The normalized spacial score (nSPS) is 10.6. The van der Waals surface area contributed by atoms with Crippen LogP contribution in [0.4, 0.5) is 17.1 Å². The molecule has 3 nitrogen and oxygen atoms in total. The van der Waals surface area contributed by atoms with Gasteiger partial charge < -0.3 is 15.8 Å². The Bertz CT molecular complexity index is 802. The van der Waals surface area contributed by atoms with E-state index in [1.165, 1.54) is 5.39 Å². The lowest BCUT2D eigenvalue weighted by atomic mass is 10.1. The average Bonchev–Trinajstić information content (AvgIpc) is 2.52. The summed E-state index contributed by atoms with van der Waals surface area (Å²) in [4.78, 5) is 0. The van der Waals surface area contributed by atoms with Crippen molar-refractivity contribution in [3.05, 3.63) is 59.1 Å². The number of rotatable bonds is 3. The number of nitrogen functional groups attached to an aromatic ring is 1. The Hall–Kier alpha value is -2.20. The molecule has 0 heterocycles. The van der Waals surface area contributed by atoms with Crippen molar-refractivity contribution in [2.45, 2.75) is 0 Å². The van der Waals surface area contributed by atoms with Crippen LogP contribution in [-0.2, 0) is 0 Å². The molecule has 3 aromatic rings. The standard InChI is InChI=1S/C17H15BrN2O/c1-21-17-10-11(6-8-15(17)19)20-16-9-7-14(18)12-4-2-3-5-13(12)16/h2-10,20H,19H2,1H3. The molecule has 0 aliphatic heterocycles. The Balaban J connectivity index is 2.04. The molecule has 0 aromatic heterocycles. The molecule has 3 rings (SSSR count). The van der Waals surface area contributed by atoms with E-state index in [1.54, 1.807) is 7.11 Å². The Kier molecular flexibility index (Phi) is 3.71. The number of anilines is 3. The summed E-state index contributed by atoms with van der Waals surface area (Å²) in [7, 11) is 1.62. The Labute approximate surface area is 131 Å². The van der Waals surface area contributed by atoms with Gasteiger partial charge in [0.05, 0.1) is 12.8 Å². The third-order valence-electron chi connectivity index (χ3n) is 3.38. The van der Waals surface area contributed by atoms with Gasteiger partial charge in [-0.15, -0.1) is 0 Å². The monoisotopic (exact) mass is 342 g/mol. The predicted octanol–water partition coefficient (Wildman–Crippen LogP) is 4.94. The summed E-state index contributed by atoms with van der Waals surface area (Å²) in [6.45, 7) is 0. The number of nitrogens with two attached hydrogens (primary N) is 1. The molecular formula is C17H15BrN2O. The van der Waals surface area contributed by atoms with E-state index in [0.717, 1.165) is 21.2 Å². The number of hydrogen-bond acceptors (Lipinski definition) is 3. The van der Waals surface area contributed by atoms with Gasteiger partial charge >= 0.3 is 0 Å². The summed E-state index contributed by atoms with van der Waals surface area (Å²) in [5.74, 6) is 0.668. The largest absolute Gasteiger partial charge is 0.495 e. The zero-order chi connectivity index (χ0) is 14.8. The molecule has 0 amide bonds. The summed E-state index contributed by atoms with van der Waals surface area (Å²) in [6.07, 6.45) is 0. The van der Waals surface area contributed by atoms with Crippen molar-refractivity contribution in [2.24, 2.45) is 0 Å². The number of hydrogen-bond donors (Lipinski definition) is 2. The maximum atomic E-state index is 5.84. The smallest absolute Gasteiger partial charge is 0.143 e. The van der Waals surface area contributed by atoms with Gasteiger partial charge in [0, 0.05) is 27.3 Å². The van der Waals surface area contributed by atoms with E-state index >= 15 is 0 Å². The first-order valence-corrected chi connectivity index (χ1v) is 7.36. The average molecular weight is 343 g/mol. The Morgan fingerprint density at radius 2 is 1.76 bits per heavy atom. The SMILES string of the molecule is COc1cc(Nc2ccc(Br)c3ccccc23)ccc1N. The molecule has 3 N–H and O–H groups in total. The minimum atomic E-state index is 0.628. The molecular weight excluding hydrogens is 328 g/mol. The lowest BCUT2D eigenvalue weighted by Crippen LogP contribution is -1.96. The molecule has 0 aliphatic carbocycles. The van der Waals surface area contributed by atoms with Crippen molar-refractivity contribution < 1.29 is 4.74 Å². The maximum Gasteiger partial charge on any atom is 0.143 e. The lowest BCUT2D eigenvalue weighted by Gasteiger charge is -2.13. The van der Waals surface area contributed by atoms with Crippen LogP contribution in [0, 0.1) is 0 Å². The van der Waals surface area contributed by atoms with Crippen molar-refractivity contribution in [3.8, 4) is 5.75 Å². The molecule has 0 fully saturated rings. The van der Waals surface area contributed by atoms with Crippen LogP contribution in [0.25, 0.3) is 10.8 Å². The van der Waals surface area contributed by atoms with Gasteiger partial charge in [-0.05, 0) is 29.7 Å². The van der Waals surface area contributed by atoms with Crippen LogP contribution < -0.4 is 15.8 Å². The molecule has 0 atom stereocenters. The van der Waals surface area contributed by atoms with Gasteiger partial charge in [0.2, 0.25) is 0 Å². The zero-order valence-electron chi connectivity index (χ0n) is 11.6. The van der Waals surface area contributed by atoms with Crippen LogP contribution in [0.3, 0.4) is 0 Å². The molecule has 3 aromatic carbocycles. The van der Waals surface area contributed by atoms with Crippen molar-refractivity contribution in [1.82, 2.24) is 0 Å². The van der Waals surface area contributed by atoms with Crippen molar-refractivity contribution in [1.29, 1.82) is 0 Å². The lowest BCUT2D eigenvalue weighted by molar-refractivity contribution is 0.417. The predicted molar refractivity (Wildman–Crippen MR) is 92.3 cm³/mol. The Morgan fingerprint density at radius 1 is 1.00 bits per heavy atom. The number of benzene rings is 3. The van der Waals surface area contributed by atoms with Gasteiger partial charge in [-0.2, -0.15) is 0 Å². The van der Waals surface area contributed by atoms with E-state index in [2.05, 4.69) is 39.4 Å². The van der Waals surface area contributed by atoms with Crippen molar-refractivity contribution in [2.75, 3.05) is 18.2 Å². The number of nitrogens with one attached hydrogen (secondary N) is 1. The van der Waals surface area contributed by atoms with Gasteiger partial charge in [0.25, 0.3) is 0 Å². The van der Waals surface area contributed by atoms with Crippen molar-refractivity contribution in [3.63, 3.8) is 0 Å². The molecule has 4 heteroatoms. The fraction of sp³-hybridized carbons (Fsp3) is 0.0588. The third kappa shape index (κ3) is 2.67. The molecule has 0 saturated heterocycles. The highest BCUT2D eigenvalue weighted by atomic mass is 79.9. The Morgan fingerprint density at radius 3 is 2.52 bits per heavy atom. The molecule has 0 aliphatic rings. The fourth-order valence-corrected chi connectivity index (χ4v) is 2.79. The second-order valence-corrected chi connectivity index (χ2v) is 5.58. The van der Waals surface area contributed by atoms with E-state index in [0.29, 0.717) is 11.4 Å². The second kappa shape index (κ2) is 5.66. The van der Waals surface area contributed by atoms with Gasteiger partial charge in [-0.25, -0.2) is 0 Å². The van der Waals surface area contributed by atoms with E-state index in [1.807, 2.05) is 36.4 Å². The van der Waals surface area contributed by atoms with Gasteiger partial charge in [0.1, 0.15) is 5.75 Å². The van der Waals surface area contributed by atoms with Gasteiger partial charge in [-0.3, -0.25) is 0 Å². The minimum Gasteiger partial charge on any atom is -0.495 e. The maximum absolute atomic E-state index is 5.84. The summed E-state index contributed by atoms with van der Waals surface area (Å²) < 4.78 is 6.34. The third-order valence-corrected chi connectivity index (χ3v) is 4.07. The summed E-state index contributed by atoms with van der Waals surface area (Å²) >= 11 is 3.58. The van der Waals surface area contributed by atoms with Gasteiger partial charge in [0.15, 0.2) is 0 Å². The van der Waals surface area contributed by atoms with Crippen LogP contribution in [0.1, 0.15) is 0 Å². The van der Waals surface area contributed by atoms with E-state index in [-0.39, 0.29) is 0 Å². The molecule has 0 bridgehead atoms. The number of halogens is 1. The number of methoxy groups -OCH3 is 1. The van der Waals surface area contributed by atoms with E-state index < -0.39 is 0 Å². The summed E-state index contributed by atoms with van der Waals surface area (Å²) in [5, 5.41) is 5.75. The highest BCUT2D eigenvalue weighted by Gasteiger charge is 2.06. The number of ether oxygens (including phenoxy) is 1. The molecule has 0 saturated carbocycles. The highest BCUT2D eigenvalue weighted by molar-refractivity contribution is 9.10. The molecule has 0 radical (unpaired) electrons. The van der Waals surface area contributed by atoms with E-state index in [9.17, 15) is 0 Å². The molecule has 0 unspecified atom stereocenters. The summed E-state index contributed by atoms with van der Waals surface area (Å²) in [5.41, 5.74) is 8.45. The van der Waals surface area contributed by atoms with Gasteiger partial charge in [-0.1, -0.05) is 40.2 Å². The molecule has 0 spiro atoms. The van der Waals surface area contributed by atoms with Crippen LogP contribution in [0.2, 0.25) is 0 Å². The molecule has 21 heavy (non-hydrogen) atoms. The topological polar surface area (TPSA) is 47.3 Å². The number of fused-ring (bicyclic) bond motifs is 1. The van der Waals surface area contributed by atoms with Crippen LogP contribution in [0.5, 0.6) is 5.75 Å². The van der Waals surface area contributed by atoms with Crippen LogP contribution in [-0.4, -0.2) is 7.11 Å². The zero-order valence-corrected chi connectivity index (χ0v) is 13.1. The quantitative estimate of drug-likeness (QED) is 0.663. The summed E-state index contributed by atoms with van der Waals surface area (Å²) in [6, 6.07) is 18.0. The molecule has 106 valence electrons. The first-order valence-electron chi connectivity index (χ1n) is 6.57. The first-order chi connectivity index (χ1) is 10.2. The second-order valence-electron chi connectivity index (χ2n) is 4.72. The van der Waals surface area contributed by atoms with E-state index in [4.69, 9.17) is 10.5 Å². The van der Waals surface area contributed by atoms with Crippen LogP contribution in [0.15, 0.2) is 59.1 Å². The minimum absolute atomic E-state index is 0.628. The van der Waals surface area contributed by atoms with Crippen LogP contribution >= 0.6 is 15.9 Å². The fourth-order valence-electron chi connectivity index (χ4n) is 2.32.